The number of hydrogen-bond donors (Lipinski definition) is 2. The maximum atomic E-state index is 12.6. The molecule has 0 aliphatic rings. The fraction of sp³-hybridized carbons (Fsp3) is 0. The van der Waals surface area contributed by atoms with Gasteiger partial charge in [-0.1, -0.05) is 0 Å². The average molecular weight is 210 g/mol. The third-order valence-electron chi connectivity index (χ3n) is 1.74. The van der Waals surface area contributed by atoms with E-state index in [-0.39, 0.29) is 16.6 Å². The van der Waals surface area contributed by atoms with E-state index in [4.69, 9.17) is 11.1 Å². The van der Waals surface area contributed by atoms with Crippen molar-refractivity contribution >= 4 is 17.5 Å². The van der Waals surface area contributed by atoms with E-state index >= 15 is 0 Å². The standard InChI is InChI=1S/C8H7FN4S/c9-5-1-3-6(4-2-5)13-7(10)12-14-8(13)11/h1-4,11H,(H2,10,12). The summed E-state index contributed by atoms with van der Waals surface area (Å²) in [4.78, 5) is 0.217. The van der Waals surface area contributed by atoms with Crippen LogP contribution in [-0.4, -0.2) is 8.94 Å². The lowest BCUT2D eigenvalue weighted by molar-refractivity contribution is 0.627. The van der Waals surface area contributed by atoms with Gasteiger partial charge in [0.15, 0.2) is 0 Å². The molecule has 0 aliphatic heterocycles. The molecule has 0 unspecified atom stereocenters. The molecule has 1 heterocycles. The Bertz CT molecular complexity index is 499. The number of nitrogen functional groups attached to an aromatic ring is 1. The van der Waals surface area contributed by atoms with Crippen LogP contribution >= 0.6 is 11.5 Å². The minimum absolute atomic E-state index is 0.217. The van der Waals surface area contributed by atoms with E-state index in [1.54, 1.807) is 12.1 Å². The first-order valence-corrected chi connectivity index (χ1v) is 4.60. The lowest BCUT2D eigenvalue weighted by Crippen LogP contribution is -2.13. The van der Waals surface area contributed by atoms with E-state index < -0.39 is 0 Å². The lowest BCUT2D eigenvalue weighted by atomic mass is 10.3. The molecule has 0 bridgehead atoms. The molecule has 1 aromatic carbocycles. The first-order valence-electron chi connectivity index (χ1n) is 3.83. The zero-order chi connectivity index (χ0) is 10.1. The van der Waals surface area contributed by atoms with Gasteiger partial charge in [0.25, 0.3) is 0 Å². The monoisotopic (exact) mass is 210 g/mol. The summed E-state index contributed by atoms with van der Waals surface area (Å²) in [7, 11) is 0. The highest BCUT2D eigenvalue weighted by Gasteiger charge is 2.04. The molecular weight excluding hydrogens is 203 g/mol. The van der Waals surface area contributed by atoms with Crippen LogP contribution in [0.5, 0.6) is 0 Å². The molecule has 2 aromatic rings. The lowest BCUT2D eigenvalue weighted by Gasteiger charge is -2.02. The number of nitrogens with two attached hydrogens (primary N) is 1. The molecule has 0 spiro atoms. The Hall–Kier alpha value is -1.69. The van der Waals surface area contributed by atoms with Crippen molar-refractivity contribution in [2.24, 2.45) is 0 Å². The van der Waals surface area contributed by atoms with Gasteiger partial charge in [0, 0.05) is 11.5 Å². The van der Waals surface area contributed by atoms with Crippen LogP contribution in [0.3, 0.4) is 0 Å². The molecule has 0 saturated heterocycles. The third-order valence-corrected chi connectivity index (χ3v) is 2.38. The smallest absolute Gasteiger partial charge is 0.218 e. The number of benzene rings is 1. The molecule has 0 fully saturated rings. The first kappa shape index (κ1) is 8.89. The van der Waals surface area contributed by atoms with Crippen LogP contribution in [0.1, 0.15) is 0 Å². The zero-order valence-electron chi connectivity index (χ0n) is 7.07. The Balaban J connectivity index is 2.60. The summed E-state index contributed by atoms with van der Waals surface area (Å²) in [5, 5.41) is 7.53. The van der Waals surface area contributed by atoms with Crippen LogP contribution < -0.4 is 10.5 Å². The highest BCUT2D eigenvalue weighted by Crippen LogP contribution is 2.10. The van der Waals surface area contributed by atoms with Crippen LogP contribution in [0.4, 0.5) is 10.3 Å². The number of rotatable bonds is 1. The van der Waals surface area contributed by atoms with Crippen molar-refractivity contribution in [1.82, 2.24) is 8.94 Å². The van der Waals surface area contributed by atoms with Crippen molar-refractivity contribution in [3.8, 4) is 5.69 Å². The first-order chi connectivity index (χ1) is 6.68. The maximum absolute atomic E-state index is 12.6. The summed E-state index contributed by atoms with van der Waals surface area (Å²) < 4.78 is 17.9. The van der Waals surface area contributed by atoms with E-state index in [0.717, 1.165) is 11.5 Å². The second-order valence-electron chi connectivity index (χ2n) is 2.66. The number of aromatic nitrogens is 2. The van der Waals surface area contributed by atoms with Gasteiger partial charge in [-0.2, -0.15) is 4.37 Å². The van der Waals surface area contributed by atoms with Gasteiger partial charge in [-0.05, 0) is 24.3 Å². The quantitative estimate of drug-likeness (QED) is 0.741. The average Bonchev–Trinajstić information content (AvgIpc) is 2.49. The van der Waals surface area contributed by atoms with Crippen molar-refractivity contribution in [2.45, 2.75) is 0 Å². The van der Waals surface area contributed by atoms with Gasteiger partial charge < -0.3 is 5.73 Å². The minimum atomic E-state index is -0.317. The molecule has 0 radical (unpaired) electrons. The van der Waals surface area contributed by atoms with Crippen molar-refractivity contribution in [3.05, 3.63) is 34.9 Å². The number of anilines is 1. The van der Waals surface area contributed by atoms with E-state index in [1.807, 2.05) is 0 Å². The fourth-order valence-electron chi connectivity index (χ4n) is 1.12. The Morgan fingerprint density at radius 1 is 1.36 bits per heavy atom. The van der Waals surface area contributed by atoms with Crippen molar-refractivity contribution in [2.75, 3.05) is 5.73 Å². The van der Waals surface area contributed by atoms with E-state index in [0.29, 0.717) is 5.69 Å². The molecule has 0 amide bonds. The number of hydrogen-bond acceptors (Lipinski definition) is 4. The zero-order valence-corrected chi connectivity index (χ0v) is 7.88. The van der Waals surface area contributed by atoms with E-state index in [1.165, 1.54) is 16.7 Å². The van der Waals surface area contributed by atoms with Crippen LogP contribution in [0.15, 0.2) is 24.3 Å². The molecule has 0 atom stereocenters. The molecule has 1 aromatic heterocycles. The summed E-state index contributed by atoms with van der Waals surface area (Å²) >= 11 is 0.991. The van der Waals surface area contributed by atoms with Crippen molar-refractivity contribution in [1.29, 1.82) is 5.41 Å². The van der Waals surface area contributed by atoms with E-state index in [9.17, 15) is 4.39 Å². The predicted molar refractivity (Wildman–Crippen MR) is 51.7 cm³/mol. The summed E-state index contributed by atoms with van der Waals surface area (Å²) in [6.45, 7) is 0. The summed E-state index contributed by atoms with van der Waals surface area (Å²) in [6, 6.07) is 5.74. The van der Waals surface area contributed by atoms with Gasteiger partial charge in [-0.15, -0.1) is 0 Å². The molecule has 72 valence electrons. The highest BCUT2D eigenvalue weighted by atomic mass is 32.1. The normalized spacial score (nSPS) is 10.4. The molecule has 0 saturated carbocycles. The second-order valence-corrected chi connectivity index (χ2v) is 3.41. The molecule has 14 heavy (non-hydrogen) atoms. The highest BCUT2D eigenvalue weighted by molar-refractivity contribution is 7.02. The number of nitrogens with zero attached hydrogens (tertiary/aromatic N) is 2. The van der Waals surface area contributed by atoms with Crippen LogP contribution in [0.2, 0.25) is 0 Å². The SMILES string of the molecule is N=c1snc(N)n1-c1ccc(F)cc1. The van der Waals surface area contributed by atoms with Gasteiger partial charge in [0.05, 0.1) is 5.69 Å². The Morgan fingerprint density at radius 3 is 2.50 bits per heavy atom. The number of nitrogens with one attached hydrogen (secondary N) is 1. The second kappa shape index (κ2) is 3.22. The predicted octanol–water partition coefficient (Wildman–Crippen LogP) is 1.13. The third kappa shape index (κ3) is 1.39. The topological polar surface area (TPSA) is 67.7 Å². The van der Waals surface area contributed by atoms with Gasteiger partial charge >= 0.3 is 0 Å². The molecular formula is C8H7FN4S. The van der Waals surface area contributed by atoms with E-state index in [2.05, 4.69) is 4.37 Å². The maximum Gasteiger partial charge on any atom is 0.218 e. The molecule has 2 rings (SSSR count). The molecule has 3 N–H and O–H groups in total. The molecule has 4 nitrogen and oxygen atoms in total. The largest absolute Gasteiger partial charge is 0.368 e. The van der Waals surface area contributed by atoms with Crippen LogP contribution in [0.25, 0.3) is 5.69 Å². The van der Waals surface area contributed by atoms with Gasteiger partial charge in [0.1, 0.15) is 5.82 Å². The van der Waals surface area contributed by atoms with Crippen molar-refractivity contribution in [3.63, 3.8) is 0 Å². The summed E-state index contributed by atoms with van der Waals surface area (Å²) in [5.41, 5.74) is 6.20. The minimum Gasteiger partial charge on any atom is -0.368 e. The molecule has 0 aliphatic carbocycles. The summed E-state index contributed by atoms with van der Waals surface area (Å²) in [6.07, 6.45) is 0. The number of halogens is 1. The Labute approximate surface area is 83.1 Å². The van der Waals surface area contributed by atoms with Gasteiger partial charge in [-0.25, -0.2) is 4.39 Å². The summed E-state index contributed by atoms with van der Waals surface area (Å²) in [5.74, 6) is -0.0748. The fourth-order valence-corrected chi connectivity index (χ4v) is 1.66. The van der Waals surface area contributed by atoms with Crippen molar-refractivity contribution < 1.29 is 4.39 Å². The Morgan fingerprint density at radius 2 is 2.00 bits per heavy atom. The Kier molecular flexibility index (Phi) is 2.05. The van der Waals surface area contributed by atoms with Crippen LogP contribution in [-0.2, 0) is 0 Å². The van der Waals surface area contributed by atoms with Gasteiger partial charge in [-0.3, -0.25) is 9.98 Å². The van der Waals surface area contributed by atoms with Gasteiger partial charge in [0.2, 0.25) is 10.7 Å². The molecule has 6 heteroatoms. The van der Waals surface area contributed by atoms with Crippen LogP contribution in [0, 0.1) is 11.2 Å².